The van der Waals surface area contributed by atoms with Crippen LogP contribution in [0.4, 0.5) is 5.69 Å². The van der Waals surface area contributed by atoms with Gasteiger partial charge in [-0.2, -0.15) is 0 Å². The van der Waals surface area contributed by atoms with E-state index in [9.17, 15) is 10.2 Å². The molecule has 1 fully saturated rings. The number of benzene rings is 2. The summed E-state index contributed by atoms with van der Waals surface area (Å²) < 4.78 is 5.23. The van der Waals surface area contributed by atoms with E-state index < -0.39 is 0 Å². The molecule has 0 aromatic heterocycles. The molecule has 28 heavy (non-hydrogen) atoms. The predicted molar refractivity (Wildman–Crippen MR) is 111 cm³/mol. The molecule has 2 aromatic rings. The van der Waals surface area contributed by atoms with Gasteiger partial charge in [0, 0.05) is 38.3 Å². The fraction of sp³-hybridized carbons (Fsp3) is 0.381. The van der Waals surface area contributed by atoms with E-state index in [0.717, 1.165) is 49.9 Å². The topological polar surface area (TPSA) is 80.6 Å². The smallest absolute Gasteiger partial charge is 0.194 e. The van der Waals surface area contributed by atoms with Crippen molar-refractivity contribution in [2.75, 3.05) is 44.7 Å². The number of nitrogens with one attached hydrogen (secondary N) is 1. The minimum absolute atomic E-state index is 0.213. The summed E-state index contributed by atoms with van der Waals surface area (Å²) in [5, 5.41) is 23.5. The summed E-state index contributed by atoms with van der Waals surface area (Å²) in [7, 11) is 1.60. The van der Waals surface area contributed by atoms with Crippen LogP contribution in [0, 0.1) is 0 Å². The van der Waals surface area contributed by atoms with Gasteiger partial charge in [0.05, 0.1) is 19.3 Å². The van der Waals surface area contributed by atoms with E-state index in [-0.39, 0.29) is 5.75 Å². The van der Waals surface area contributed by atoms with Gasteiger partial charge in [0.25, 0.3) is 0 Å². The lowest BCUT2D eigenvalue weighted by Crippen LogP contribution is -2.52. The van der Waals surface area contributed by atoms with Gasteiger partial charge in [0.1, 0.15) is 17.2 Å². The highest BCUT2D eigenvalue weighted by atomic mass is 16.5. The number of nitrogens with zero attached hydrogens (tertiary/aromatic N) is 3. The average molecular weight is 384 g/mol. The predicted octanol–water partition coefficient (Wildman–Crippen LogP) is 2.39. The van der Waals surface area contributed by atoms with Crippen LogP contribution in [0.3, 0.4) is 0 Å². The van der Waals surface area contributed by atoms with Crippen molar-refractivity contribution in [1.82, 2.24) is 10.2 Å². The molecule has 1 aliphatic heterocycles. The maximum absolute atomic E-state index is 10.1. The van der Waals surface area contributed by atoms with Crippen LogP contribution in [0.15, 0.2) is 47.5 Å². The first-order valence-corrected chi connectivity index (χ1v) is 9.54. The Kier molecular flexibility index (Phi) is 6.47. The lowest BCUT2D eigenvalue weighted by Gasteiger charge is -2.37. The summed E-state index contributed by atoms with van der Waals surface area (Å²) >= 11 is 0. The molecule has 1 saturated heterocycles. The number of hydrogen-bond acceptors (Lipinski definition) is 5. The molecule has 0 aliphatic carbocycles. The van der Waals surface area contributed by atoms with Crippen LogP contribution in [0.2, 0.25) is 0 Å². The van der Waals surface area contributed by atoms with Gasteiger partial charge >= 0.3 is 0 Å². The third-order valence-corrected chi connectivity index (χ3v) is 4.82. The highest BCUT2D eigenvalue weighted by molar-refractivity contribution is 5.80. The summed E-state index contributed by atoms with van der Waals surface area (Å²) in [6, 6.07) is 12.6. The minimum atomic E-state index is 0.213. The second kappa shape index (κ2) is 9.21. The Hall–Kier alpha value is -3.09. The van der Waals surface area contributed by atoms with Gasteiger partial charge in [-0.3, -0.25) is 0 Å². The van der Waals surface area contributed by atoms with E-state index in [4.69, 9.17) is 9.73 Å². The van der Waals surface area contributed by atoms with Gasteiger partial charge in [-0.25, -0.2) is 4.99 Å². The van der Waals surface area contributed by atoms with Gasteiger partial charge < -0.3 is 30.1 Å². The first-order valence-electron chi connectivity index (χ1n) is 9.54. The summed E-state index contributed by atoms with van der Waals surface area (Å²) in [4.78, 5) is 9.10. The van der Waals surface area contributed by atoms with Gasteiger partial charge in [0.15, 0.2) is 5.96 Å². The van der Waals surface area contributed by atoms with Crippen LogP contribution < -0.4 is 15.0 Å². The Balaban J connectivity index is 1.68. The summed E-state index contributed by atoms with van der Waals surface area (Å²) in [6.07, 6.45) is 0. The zero-order valence-electron chi connectivity index (χ0n) is 16.4. The lowest BCUT2D eigenvalue weighted by atomic mass is 10.2. The fourth-order valence-electron chi connectivity index (χ4n) is 3.29. The van der Waals surface area contributed by atoms with E-state index >= 15 is 0 Å². The number of aromatic hydroxyl groups is 2. The van der Waals surface area contributed by atoms with E-state index in [2.05, 4.69) is 15.1 Å². The van der Waals surface area contributed by atoms with Gasteiger partial charge in [0.2, 0.25) is 0 Å². The zero-order chi connectivity index (χ0) is 19.9. The molecule has 3 rings (SSSR count). The fourth-order valence-corrected chi connectivity index (χ4v) is 3.29. The van der Waals surface area contributed by atoms with Gasteiger partial charge in [-0.15, -0.1) is 0 Å². The van der Waals surface area contributed by atoms with Crippen LogP contribution in [-0.2, 0) is 6.54 Å². The third-order valence-electron chi connectivity index (χ3n) is 4.82. The molecule has 1 aliphatic rings. The van der Waals surface area contributed by atoms with Crippen molar-refractivity contribution >= 4 is 11.6 Å². The molecule has 0 bridgehead atoms. The Labute approximate surface area is 165 Å². The molecule has 0 amide bonds. The normalized spacial score (nSPS) is 14.9. The molecule has 0 spiro atoms. The van der Waals surface area contributed by atoms with Crippen LogP contribution in [0.1, 0.15) is 12.5 Å². The van der Waals surface area contributed by atoms with Crippen molar-refractivity contribution in [1.29, 1.82) is 0 Å². The molecule has 0 saturated carbocycles. The number of aliphatic imine (C=N–C) groups is 1. The molecule has 0 radical (unpaired) electrons. The van der Waals surface area contributed by atoms with Crippen molar-refractivity contribution in [3.05, 3.63) is 48.0 Å². The Morgan fingerprint density at radius 3 is 2.50 bits per heavy atom. The molecular weight excluding hydrogens is 356 g/mol. The molecule has 7 nitrogen and oxygen atoms in total. The zero-order valence-corrected chi connectivity index (χ0v) is 16.4. The van der Waals surface area contributed by atoms with E-state index in [1.807, 2.05) is 25.1 Å². The standard InChI is InChI=1S/C21H28N4O3/c1-3-22-21(23-15-16-14-17(28-2)8-9-19(16)26)25-12-10-24(11-13-25)18-6-4-5-7-20(18)27/h4-9,14,26-27H,3,10-13,15H2,1-2H3,(H,22,23). The van der Waals surface area contributed by atoms with Gasteiger partial charge in [-0.05, 0) is 37.3 Å². The van der Waals surface area contributed by atoms with E-state index in [1.165, 1.54) is 0 Å². The van der Waals surface area contributed by atoms with Crippen LogP contribution >= 0.6 is 0 Å². The van der Waals surface area contributed by atoms with Crippen LogP contribution in [0.5, 0.6) is 17.2 Å². The molecule has 150 valence electrons. The molecule has 1 heterocycles. The van der Waals surface area contributed by atoms with Crippen LogP contribution in [0.25, 0.3) is 0 Å². The number of phenolic OH excluding ortho intramolecular Hbond substituents is 2. The highest BCUT2D eigenvalue weighted by Crippen LogP contribution is 2.27. The van der Waals surface area contributed by atoms with Crippen molar-refractivity contribution < 1.29 is 14.9 Å². The number of piperazine rings is 1. The first-order chi connectivity index (χ1) is 13.6. The molecule has 0 atom stereocenters. The second-order valence-corrected chi connectivity index (χ2v) is 6.63. The summed E-state index contributed by atoms with van der Waals surface area (Å²) in [5.41, 5.74) is 1.59. The lowest BCUT2D eigenvalue weighted by molar-refractivity contribution is 0.369. The molecule has 7 heteroatoms. The van der Waals surface area contributed by atoms with Gasteiger partial charge in [-0.1, -0.05) is 12.1 Å². The molecule has 3 N–H and O–H groups in total. The Bertz CT molecular complexity index is 817. The number of ether oxygens (including phenoxy) is 1. The number of hydrogen-bond donors (Lipinski definition) is 3. The maximum atomic E-state index is 10.1. The Morgan fingerprint density at radius 1 is 1.07 bits per heavy atom. The highest BCUT2D eigenvalue weighted by Gasteiger charge is 2.21. The molecule has 2 aromatic carbocycles. The molecular formula is C21H28N4O3. The second-order valence-electron chi connectivity index (χ2n) is 6.63. The largest absolute Gasteiger partial charge is 0.508 e. The third kappa shape index (κ3) is 4.60. The van der Waals surface area contributed by atoms with Crippen molar-refractivity contribution in [2.45, 2.75) is 13.5 Å². The maximum Gasteiger partial charge on any atom is 0.194 e. The minimum Gasteiger partial charge on any atom is -0.508 e. The number of para-hydroxylation sites is 2. The SMILES string of the molecule is CCNC(=NCc1cc(OC)ccc1O)N1CCN(c2ccccc2O)CC1. The number of rotatable bonds is 5. The average Bonchev–Trinajstić information content (AvgIpc) is 2.73. The van der Waals surface area contributed by atoms with Crippen molar-refractivity contribution in [3.63, 3.8) is 0 Å². The first kappa shape index (κ1) is 19.7. The number of anilines is 1. The number of guanidine groups is 1. The van der Waals surface area contributed by atoms with Crippen LogP contribution in [-0.4, -0.2) is 60.9 Å². The summed E-state index contributed by atoms with van der Waals surface area (Å²) in [6.45, 7) is 6.36. The summed E-state index contributed by atoms with van der Waals surface area (Å²) in [5.74, 6) is 2.04. The van der Waals surface area contributed by atoms with E-state index in [0.29, 0.717) is 18.0 Å². The quantitative estimate of drug-likeness (QED) is 0.543. The monoisotopic (exact) mass is 384 g/mol. The number of methoxy groups -OCH3 is 1. The Morgan fingerprint density at radius 2 is 1.82 bits per heavy atom. The molecule has 0 unspecified atom stereocenters. The van der Waals surface area contributed by atoms with Crippen molar-refractivity contribution in [2.24, 2.45) is 4.99 Å². The number of phenols is 2. The van der Waals surface area contributed by atoms with Crippen molar-refractivity contribution in [3.8, 4) is 17.2 Å². The van der Waals surface area contributed by atoms with E-state index in [1.54, 1.807) is 31.4 Å².